The second kappa shape index (κ2) is 7.32. The SMILES string of the molecule is O=C(c1ccc(F)cc1Cl)N1CCC(C(O)c2ccccc2)CC1. The largest absolute Gasteiger partial charge is 0.388 e. The molecule has 0 aromatic heterocycles. The predicted molar refractivity (Wildman–Crippen MR) is 91.4 cm³/mol. The summed E-state index contributed by atoms with van der Waals surface area (Å²) >= 11 is 5.98. The first-order valence-electron chi connectivity index (χ1n) is 8.03. The summed E-state index contributed by atoms with van der Waals surface area (Å²) in [6.07, 6.45) is 0.930. The van der Waals surface area contributed by atoms with Crippen molar-refractivity contribution in [3.8, 4) is 0 Å². The molecule has 0 radical (unpaired) electrons. The summed E-state index contributed by atoms with van der Waals surface area (Å²) in [5, 5.41) is 10.6. The number of likely N-dealkylation sites (tertiary alicyclic amines) is 1. The summed E-state index contributed by atoms with van der Waals surface area (Å²) in [4.78, 5) is 14.3. The van der Waals surface area contributed by atoms with Gasteiger partial charge in [-0.15, -0.1) is 0 Å². The summed E-state index contributed by atoms with van der Waals surface area (Å²) in [6, 6.07) is 13.4. The number of nitrogens with zero attached hydrogens (tertiary/aromatic N) is 1. The van der Waals surface area contributed by atoms with Crippen LogP contribution >= 0.6 is 11.6 Å². The molecule has 1 aliphatic rings. The van der Waals surface area contributed by atoms with Gasteiger partial charge in [0.1, 0.15) is 5.82 Å². The molecule has 1 fully saturated rings. The van der Waals surface area contributed by atoms with E-state index < -0.39 is 11.9 Å². The maximum absolute atomic E-state index is 13.1. The van der Waals surface area contributed by atoms with Gasteiger partial charge in [0.2, 0.25) is 0 Å². The lowest BCUT2D eigenvalue weighted by atomic mass is 9.87. The van der Waals surface area contributed by atoms with E-state index in [0.717, 1.165) is 24.5 Å². The molecular weight excluding hydrogens is 329 g/mol. The third-order valence-corrected chi connectivity index (χ3v) is 4.89. The summed E-state index contributed by atoms with van der Waals surface area (Å²) < 4.78 is 13.1. The minimum atomic E-state index is -0.516. The van der Waals surface area contributed by atoms with E-state index in [1.165, 1.54) is 12.1 Å². The molecule has 0 saturated carbocycles. The second-order valence-corrected chi connectivity index (χ2v) is 6.52. The van der Waals surface area contributed by atoms with Crippen molar-refractivity contribution in [1.29, 1.82) is 0 Å². The second-order valence-electron chi connectivity index (χ2n) is 6.11. The number of halogens is 2. The van der Waals surface area contributed by atoms with Crippen LogP contribution in [0.4, 0.5) is 4.39 Å². The Morgan fingerprint density at radius 1 is 1.17 bits per heavy atom. The van der Waals surface area contributed by atoms with Crippen molar-refractivity contribution in [2.45, 2.75) is 18.9 Å². The quantitative estimate of drug-likeness (QED) is 0.909. The van der Waals surface area contributed by atoms with E-state index in [4.69, 9.17) is 11.6 Å². The molecule has 0 aliphatic carbocycles. The number of carbonyl (C=O) groups excluding carboxylic acids is 1. The van der Waals surface area contributed by atoms with Gasteiger partial charge in [-0.25, -0.2) is 4.39 Å². The molecule has 2 aromatic carbocycles. The van der Waals surface area contributed by atoms with E-state index in [2.05, 4.69) is 0 Å². The first-order valence-corrected chi connectivity index (χ1v) is 8.41. The smallest absolute Gasteiger partial charge is 0.255 e. The Balaban J connectivity index is 1.63. The standard InChI is InChI=1S/C19H19ClFNO2/c20-17-12-15(21)6-7-16(17)19(24)22-10-8-14(9-11-22)18(23)13-4-2-1-3-5-13/h1-7,12,14,18,23H,8-11H2. The highest BCUT2D eigenvalue weighted by molar-refractivity contribution is 6.33. The molecule has 24 heavy (non-hydrogen) atoms. The van der Waals surface area contributed by atoms with Crippen LogP contribution in [-0.2, 0) is 0 Å². The summed E-state index contributed by atoms with van der Waals surface area (Å²) in [5.41, 5.74) is 1.23. The molecule has 1 N–H and O–H groups in total. The highest BCUT2D eigenvalue weighted by atomic mass is 35.5. The number of carbonyl (C=O) groups is 1. The normalized spacial score (nSPS) is 16.9. The fourth-order valence-corrected chi connectivity index (χ4v) is 3.42. The van der Waals surface area contributed by atoms with E-state index in [1.807, 2.05) is 30.3 Å². The number of amides is 1. The van der Waals surface area contributed by atoms with Crippen LogP contribution < -0.4 is 0 Å². The van der Waals surface area contributed by atoms with E-state index in [1.54, 1.807) is 4.90 Å². The van der Waals surface area contributed by atoms with Crippen LogP contribution in [0.1, 0.15) is 34.9 Å². The third-order valence-electron chi connectivity index (χ3n) is 4.58. The van der Waals surface area contributed by atoms with Crippen LogP contribution in [-0.4, -0.2) is 29.0 Å². The fourth-order valence-electron chi connectivity index (χ4n) is 3.17. The number of hydrogen-bond donors (Lipinski definition) is 1. The Morgan fingerprint density at radius 2 is 1.83 bits per heavy atom. The Kier molecular flexibility index (Phi) is 5.17. The third kappa shape index (κ3) is 3.60. The molecule has 0 spiro atoms. The molecule has 126 valence electrons. The van der Waals surface area contributed by atoms with Crippen molar-refractivity contribution >= 4 is 17.5 Å². The Hall–Kier alpha value is -1.91. The summed E-state index contributed by atoms with van der Waals surface area (Å²) in [5.74, 6) is -0.519. The number of hydrogen-bond acceptors (Lipinski definition) is 2. The van der Waals surface area contributed by atoms with Gasteiger partial charge in [0.05, 0.1) is 16.7 Å². The molecular formula is C19H19ClFNO2. The number of aliphatic hydroxyl groups excluding tert-OH is 1. The van der Waals surface area contributed by atoms with Gasteiger partial charge in [0, 0.05) is 13.1 Å². The molecule has 1 amide bonds. The highest BCUT2D eigenvalue weighted by Gasteiger charge is 2.29. The average molecular weight is 348 g/mol. The summed E-state index contributed by atoms with van der Waals surface area (Å²) in [6.45, 7) is 1.11. The molecule has 1 heterocycles. The number of aliphatic hydroxyl groups is 1. The van der Waals surface area contributed by atoms with Gasteiger partial charge >= 0.3 is 0 Å². The van der Waals surface area contributed by atoms with E-state index >= 15 is 0 Å². The van der Waals surface area contributed by atoms with E-state index in [0.29, 0.717) is 18.7 Å². The molecule has 5 heteroatoms. The number of piperidine rings is 1. The molecule has 2 aromatic rings. The molecule has 3 rings (SSSR count). The van der Waals surface area contributed by atoms with Crippen LogP contribution in [0.15, 0.2) is 48.5 Å². The summed E-state index contributed by atoms with van der Waals surface area (Å²) in [7, 11) is 0. The lowest BCUT2D eigenvalue weighted by molar-refractivity contribution is 0.0462. The maximum Gasteiger partial charge on any atom is 0.255 e. The monoisotopic (exact) mass is 347 g/mol. The lowest BCUT2D eigenvalue weighted by Gasteiger charge is -2.34. The van der Waals surface area contributed by atoms with Gasteiger partial charge in [-0.1, -0.05) is 41.9 Å². The first-order chi connectivity index (χ1) is 11.6. The van der Waals surface area contributed by atoms with Gasteiger partial charge in [-0.05, 0) is 42.5 Å². The molecule has 3 nitrogen and oxygen atoms in total. The van der Waals surface area contributed by atoms with E-state index in [9.17, 15) is 14.3 Å². The Bertz CT molecular complexity index is 715. The zero-order chi connectivity index (χ0) is 17.1. The molecule has 1 atom stereocenters. The molecule has 1 aliphatic heterocycles. The minimum Gasteiger partial charge on any atom is -0.388 e. The number of benzene rings is 2. The van der Waals surface area contributed by atoms with Gasteiger partial charge in [-0.3, -0.25) is 4.79 Å². The Labute approximate surface area is 145 Å². The van der Waals surface area contributed by atoms with Crippen LogP contribution in [0.5, 0.6) is 0 Å². The van der Waals surface area contributed by atoms with Crippen LogP contribution in [0.25, 0.3) is 0 Å². The van der Waals surface area contributed by atoms with Crippen molar-refractivity contribution in [2.24, 2.45) is 5.92 Å². The first kappa shape index (κ1) is 16.9. The van der Waals surface area contributed by atoms with Gasteiger partial charge < -0.3 is 10.0 Å². The zero-order valence-electron chi connectivity index (χ0n) is 13.2. The highest BCUT2D eigenvalue weighted by Crippen LogP contribution is 2.31. The molecule has 1 unspecified atom stereocenters. The maximum atomic E-state index is 13.1. The van der Waals surface area contributed by atoms with Crippen molar-refractivity contribution in [3.05, 3.63) is 70.5 Å². The van der Waals surface area contributed by atoms with Crippen LogP contribution in [0.3, 0.4) is 0 Å². The van der Waals surface area contributed by atoms with Gasteiger partial charge in [0.15, 0.2) is 0 Å². The fraction of sp³-hybridized carbons (Fsp3) is 0.316. The van der Waals surface area contributed by atoms with Crippen molar-refractivity contribution in [2.75, 3.05) is 13.1 Å². The van der Waals surface area contributed by atoms with Crippen LogP contribution in [0, 0.1) is 11.7 Å². The van der Waals surface area contributed by atoms with Gasteiger partial charge in [0.25, 0.3) is 5.91 Å². The minimum absolute atomic E-state index is 0.125. The predicted octanol–water partition coefficient (Wildman–Crippen LogP) is 4.06. The molecule has 0 bridgehead atoms. The van der Waals surface area contributed by atoms with Crippen molar-refractivity contribution < 1.29 is 14.3 Å². The van der Waals surface area contributed by atoms with Gasteiger partial charge in [-0.2, -0.15) is 0 Å². The molecule has 1 saturated heterocycles. The average Bonchev–Trinajstić information content (AvgIpc) is 2.61. The van der Waals surface area contributed by atoms with Crippen molar-refractivity contribution in [3.63, 3.8) is 0 Å². The van der Waals surface area contributed by atoms with Crippen molar-refractivity contribution in [1.82, 2.24) is 4.90 Å². The topological polar surface area (TPSA) is 40.5 Å². The Morgan fingerprint density at radius 3 is 2.46 bits per heavy atom. The number of rotatable bonds is 3. The van der Waals surface area contributed by atoms with E-state index in [-0.39, 0.29) is 16.8 Å². The van der Waals surface area contributed by atoms with Crippen LogP contribution in [0.2, 0.25) is 5.02 Å². The lowest BCUT2D eigenvalue weighted by Crippen LogP contribution is -2.39. The zero-order valence-corrected chi connectivity index (χ0v) is 13.9.